The van der Waals surface area contributed by atoms with E-state index in [1.54, 1.807) is 19.2 Å². The highest BCUT2D eigenvalue weighted by Crippen LogP contribution is 2.25. The Bertz CT molecular complexity index is 586. The van der Waals surface area contributed by atoms with Gasteiger partial charge in [-0.3, -0.25) is 0 Å². The zero-order valence-electron chi connectivity index (χ0n) is 11.8. The van der Waals surface area contributed by atoms with Crippen molar-refractivity contribution >= 4 is 11.4 Å². The highest BCUT2D eigenvalue weighted by Gasteiger charge is 2.10. The molecule has 20 heavy (non-hydrogen) atoms. The summed E-state index contributed by atoms with van der Waals surface area (Å²) < 4.78 is 18.7. The summed E-state index contributed by atoms with van der Waals surface area (Å²) in [7, 11) is 1.63. The van der Waals surface area contributed by atoms with Gasteiger partial charge < -0.3 is 15.4 Å². The van der Waals surface area contributed by atoms with Crippen molar-refractivity contribution in [1.82, 2.24) is 0 Å². The zero-order valence-corrected chi connectivity index (χ0v) is 11.8. The van der Waals surface area contributed by atoms with E-state index >= 15 is 0 Å². The third-order valence-electron chi connectivity index (χ3n) is 3.22. The second-order valence-corrected chi connectivity index (χ2v) is 4.57. The Morgan fingerprint density at radius 3 is 2.65 bits per heavy atom. The van der Waals surface area contributed by atoms with Gasteiger partial charge in [-0.05, 0) is 43.3 Å². The molecular formula is C16H19FN2O. The molecule has 2 N–H and O–H groups in total. The van der Waals surface area contributed by atoms with Crippen LogP contribution in [0, 0.1) is 5.82 Å². The highest BCUT2D eigenvalue weighted by molar-refractivity contribution is 5.52. The molecule has 2 rings (SSSR count). The number of benzene rings is 2. The number of methoxy groups -OCH3 is 1. The van der Waals surface area contributed by atoms with Crippen molar-refractivity contribution in [1.29, 1.82) is 0 Å². The van der Waals surface area contributed by atoms with Crippen LogP contribution in [0.25, 0.3) is 0 Å². The van der Waals surface area contributed by atoms with Gasteiger partial charge in [0.15, 0.2) is 0 Å². The van der Waals surface area contributed by atoms with Crippen molar-refractivity contribution in [2.45, 2.75) is 13.5 Å². The van der Waals surface area contributed by atoms with Gasteiger partial charge in [-0.1, -0.05) is 6.07 Å². The summed E-state index contributed by atoms with van der Waals surface area (Å²) in [4.78, 5) is 2.07. The van der Waals surface area contributed by atoms with E-state index in [0.29, 0.717) is 12.2 Å². The van der Waals surface area contributed by atoms with Gasteiger partial charge >= 0.3 is 0 Å². The summed E-state index contributed by atoms with van der Waals surface area (Å²) >= 11 is 0. The molecule has 0 aliphatic carbocycles. The molecular weight excluding hydrogens is 255 g/mol. The van der Waals surface area contributed by atoms with Crippen LogP contribution < -0.4 is 15.4 Å². The predicted octanol–water partition coefficient (Wildman–Crippen LogP) is 3.44. The molecule has 106 valence electrons. The third kappa shape index (κ3) is 3.20. The molecule has 0 aliphatic rings. The van der Waals surface area contributed by atoms with Crippen molar-refractivity contribution in [3.05, 3.63) is 53.8 Å². The lowest BCUT2D eigenvalue weighted by atomic mass is 10.1. The van der Waals surface area contributed by atoms with Gasteiger partial charge in [-0.15, -0.1) is 0 Å². The topological polar surface area (TPSA) is 38.5 Å². The highest BCUT2D eigenvalue weighted by atomic mass is 19.1. The smallest absolute Gasteiger partial charge is 0.125 e. The zero-order chi connectivity index (χ0) is 14.5. The lowest BCUT2D eigenvalue weighted by molar-refractivity contribution is 0.409. The van der Waals surface area contributed by atoms with Crippen LogP contribution in [-0.2, 0) is 6.54 Å². The fourth-order valence-electron chi connectivity index (χ4n) is 2.19. The minimum Gasteiger partial charge on any atom is -0.496 e. The molecule has 2 aromatic rings. The Labute approximate surface area is 118 Å². The van der Waals surface area contributed by atoms with E-state index in [-0.39, 0.29) is 5.82 Å². The van der Waals surface area contributed by atoms with Gasteiger partial charge in [0.05, 0.1) is 7.11 Å². The number of anilines is 2. The normalized spacial score (nSPS) is 10.3. The number of hydrogen-bond acceptors (Lipinski definition) is 3. The van der Waals surface area contributed by atoms with Crippen LogP contribution in [0.15, 0.2) is 42.5 Å². The number of ether oxygens (including phenoxy) is 1. The summed E-state index contributed by atoms with van der Waals surface area (Å²) in [5.74, 6) is 0.551. The molecule has 2 aromatic carbocycles. The van der Waals surface area contributed by atoms with E-state index in [4.69, 9.17) is 10.5 Å². The summed E-state index contributed by atoms with van der Waals surface area (Å²) in [6, 6.07) is 12.1. The second-order valence-electron chi connectivity index (χ2n) is 4.57. The number of halogens is 1. The Hall–Kier alpha value is -2.23. The average molecular weight is 274 g/mol. The van der Waals surface area contributed by atoms with E-state index < -0.39 is 0 Å². The Balaban J connectivity index is 2.28. The fraction of sp³-hybridized carbons (Fsp3) is 0.250. The van der Waals surface area contributed by atoms with Crippen LogP contribution in [-0.4, -0.2) is 13.7 Å². The van der Waals surface area contributed by atoms with E-state index in [9.17, 15) is 4.39 Å². The van der Waals surface area contributed by atoms with Gasteiger partial charge in [-0.2, -0.15) is 0 Å². The maximum Gasteiger partial charge on any atom is 0.125 e. The molecule has 0 fully saturated rings. The van der Waals surface area contributed by atoms with Gasteiger partial charge in [0.25, 0.3) is 0 Å². The number of nitrogen functional groups attached to an aromatic ring is 1. The molecule has 3 nitrogen and oxygen atoms in total. The molecule has 0 saturated heterocycles. The average Bonchev–Trinajstić information content (AvgIpc) is 2.45. The molecule has 4 heteroatoms. The van der Waals surface area contributed by atoms with Gasteiger partial charge in [-0.25, -0.2) is 4.39 Å². The molecule has 0 amide bonds. The second kappa shape index (κ2) is 6.28. The van der Waals surface area contributed by atoms with E-state index in [1.165, 1.54) is 12.1 Å². The minimum absolute atomic E-state index is 0.236. The quantitative estimate of drug-likeness (QED) is 0.849. The maximum absolute atomic E-state index is 13.3. The maximum atomic E-state index is 13.3. The molecule has 0 aromatic heterocycles. The first-order chi connectivity index (χ1) is 9.63. The van der Waals surface area contributed by atoms with Crippen LogP contribution in [0.3, 0.4) is 0 Å². The number of nitrogens with zero attached hydrogens (tertiary/aromatic N) is 1. The molecule has 0 unspecified atom stereocenters. The molecule has 0 aliphatic heterocycles. The molecule has 0 radical (unpaired) electrons. The third-order valence-corrected chi connectivity index (χ3v) is 3.22. The Morgan fingerprint density at radius 2 is 2.00 bits per heavy atom. The molecule has 0 spiro atoms. The molecule has 0 bridgehead atoms. The van der Waals surface area contributed by atoms with Crippen molar-refractivity contribution in [3.8, 4) is 5.75 Å². The van der Waals surface area contributed by atoms with Crippen LogP contribution in [0.2, 0.25) is 0 Å². The fourth-order valence-corrected chi connectivity index (χ4v) is 2.19. The molecule has 0 heterocycles. The minimum atomic E-state index is -0.236. The largest absolute Gasteiger partial charge is 0.496 e. The van der Waals surface area contributed by atoms with Crippen molar-refractivity contribution < 1.29 is 9.13 Å². The van der Waals surface area contributed by atoms with Crippen LogP contribution >= 0.6 is 0 Å². The summed E-state index contributed by atoms with van der Waals surface area (Å²) in [5, 5.41) is 0. The van der Waals surface area contributed by atoms with E-state index in [1.807, 2.05) is 25.1 Å². The van der Waals surface area contributed by atoms with Gasteiger partial charge in [0.1, 0.15) is 11.6 Å². The standard InChI is InChI=1S/C16H19FN2O/c1-3-19(15-6-4-5-13(17)10-15)11-12-9-14(18)7-8-16(12)20-2/h4-10H,3,11,18H2,1-2H3. The van der Waals surface area contributed by atoms with Crippen molar-refractivity contribution in [2.75, 3.05) is 24.3 Å². The van der Waals surface area contributed by atoms with Crippen LogP contribution in [0.4, 0.5) is 15.8 Å². The number of hydrogen-bond donors (Lipinski definition) is 1. The Morgan fingerprint density at radius 1 is 1.20 bits per heavy atom. The van der Waals surface area contributed by atoms with Gasteiger partial charge in [0.2, 0.25) is 0 Å². The van der Waals surface area contributed by atoms with Crippen LogP contribution in [0.1, 0.15) is 12.5 Å². The lowest BCUT2D eigenvalue weighted by Crippen LogP contribution is -2.22. The first-order valence-corrected chi connectivity index (χ1v) is 6.57. The summed E-state index contributed by atoms with van der Waals surface area (Å²) in [6.45, 7) is 3.42. The Kier molecular flexibility index (Phi) is 4.45. The number of rotatable bonds is 5. The first-order valence-electron chi connectivity index (χ1n) is 6.57. The monoisotopic (exact) mass is 274 g/mol. The first kappa shape index (κ1) is 14.2. The van der Waals surface area contributed by atoms with Crippen LogP contribution in [0.5, 0.6) is 5.75 Å². The predicted molar refractivity (Wildman–Crippen MR) is 80.5 cm³/mol. The van der Waals surface area contributed by atoms with E-state index in [0.717, 1.165) is 23.5 Å². The lowest BCUT2D eigenvalue weighted by Gasteiger charge is -2.24. The SMILES string of the molecule is CCN(Cc1cc(N)ccc1OC)c1cccc(F)c1. The van der Waals surface area contributed by atoms with Crippen molar-refractivity contribution in [2.24, 2.45) is 0 Å². The summed E-state index contributed by atoms with van der Waals surface area (Å²) in [6.07, 6.45) is 0. The van der Waals surface area contributed by atoms with Crippen molar-refractivity contribution in [3.63, 3.8) is 0 Å². The summed E-state index contributed by atoms with van der Waals surface area (Å²) in [5.41, 5.74) is 8.35. The van der Waals surface area contributed by atoms with E-state index in [2.05, 4.69) is 4.90 Å². The van der Waals surface area contributed by atoms with Gasteiger partial charge in [0, 0.05) is 30.0 Å². The molecule has 0 saturated carbocycles. The molecule has 0 atom stereocenters. The number of nitrogens with two attached hydrogens (primary N) is 1.